The Morgan fingerprint density at radius 2 is 2.15 bits per heavy atom. The van der Waals surface area contributed by atoms with Crippen molar-refractivity contribution in [2.24, 2.45) is 0 Å². The van der Waals surface area contributed by atoms with Gasteiger partial charge in [-0.25, -0.2) is 4.98 Å². The molecule has 1 N–H and O–H groups in total. The van der Waals surface area contributed by atoms with Crippen LogP contribution in [0.5, 0.6) is 0 Å². The molecular weight excluding hydrogens is 344 g/mol. The van der Waals surface area contributed by atoms with Crippen LogP contribution < -0.4 is 5.32 Å². The van der Waals surface area contributed by atoms with Crippen molar-refractivity contribution in [1.82, 2.24) is 20.4 Å². The molecule has 1 aromatic carbocycles. The van der Waals surface area contributed by atoms with Gasteiger partial charge in [-0.15, -0.1) is 0 Å². The maximum absolute atomic E-state index is 12.4. The van der Waals surface area contributed by atoms with Gasteiger partial charge in [0.05, 0.1) is 11.7 Å². The van der Waals surface area contributed by atoms with Crippen LogP contribution in [0.2, 0.25) is 0 Å². The van der Waals surface area contributed by atoms with Gasteiger partial charge < -0.3 is 14.3 Å². The van der Waals surface area contributed by atoms with Crippen LogP contribution in [0.1, 0.15) is 70.9 Å². The molecule has 0 saturated heterocycles. The molecule has 3 aromatic rings. The molecule has 1 fully saturated rings. The number of carbonyl (C=O) groups is 1. The van der Waals surface area contributed by atoms with Gasteiger partial charge in [-0.1, -0.05) is 23.7 Å². The van der Waals surface area contributed by atoms with Crippen molar-refractivity contribution in [3.8, 4) is 11.4 Å². The van der Waals surface area contributed by atoms with Crippen molar-refractivity contribution in [2.45, 2.75) is 51.0 Å². The highest BCUT2D eigenvalue weighted by Gasteiger charge is 2.28. The van der Waals surface area contributed by atoms with Crippen molar-refractivity contribution in [3.63, 3.8) is 0 Å². The number of nitrogens with one attached hydrogen (secondary N) is 1. The minimum absolute atomic E-state index is 0.0261. The predicted molar refractivity (Wildman–Crippen MR) is 96.1 cm³/mol. The molecule has 7 nitrogen and oxygen atoms in total. The number of oxazole rings is 1. The molecule has 2 heterocycles. The summed E-state index contributed by atoms with van der Waals surface area (Å²) in [5.41, 5.74) is 3.90. The number of benzene rings is 1. The Kier molecular flexibility index (Phi) is 3.81. The standard InChI is InChI=1S/C20H20N4O3/c1-11-17(26-10-21-11)19(25)22-16-8-6-13-9-14(5-7-15(13)16)18-23-20(27-24-18)12-3-2-4-12/h5,7,9-10,12,16H,2-4,6,8H2,1H3,(H,22,25)/t16-/m1/s1. The normalized spacial score (nSPS) is 18.9. The molecule has 0 aliphatic heterocycles. The van der Waals surface area contributed by atoms with Crippen LogP contribution in [-0.2, 0) is 6.42 Å². The molecule has 0 unspecified atom stereocenters. The van der Waals surface area contributed by atoms with E-state index in [1.165, 1.54) is 18.4 Å². The molecule has 7 heteroatoms. The van der Waals surface area contributed by atoms with E-state index < -0.39 is 0 Å². The monoisotopic (exact) mass is 364 g/mol. The molecule has 138 valence electrons. The second-order valence-electron chi connectivity index (χ2n) is 7.33. The maximum Gasteiger partial charge on any atom is 0.289 e. The van der Waals surface area contributed by atoms with Gasteiger partial charge >= 0.3 is 0 Å². The lowest BCUT2D eigenvalue weighted by Gasteiger charge is -2.20. The zero-order valence-corrected chi connectivity index (χ0v) is 15.1. The number of fused-ring (bicyclic) bond motifs is 1. The lowest BCUT2D eigenvalue weighted by molar-refractivity contribution is 0.0908. The van der Waals surface area contributed by atoms with E-state index in [0.29, 0.717) is 17.4 Å². The minimum Gasteiger partial charge on any atom is -0.438 e. The summed E-state index contributed by atoms with van der Waals surface area (Å²) in [4.78, 5) is 21.0. The van der Waals surface area contributed by atoms with Gasteiger partial charge in [-0.05, 0) is 49.8 Å². The molecule has 2 aliphatic rings. The number of aromatic nitrogens is 3. The topological polar surface area (TPSA) is 94.1 Å². The summed E-state index contributed by atoms with van der Waals surface area (Å²) >= 11 is 0. The van der Waals surface area contributed by atoms with E-state index in [1.807, 2.05) is 6.07 Å². The fourth-order valence-electron chi connectivity index (χ4n) is 3.82. The number of nitrogens with zero attached hydrogens (tertiary/aromatic N) is 3. The maximum atomic E-state index is 12.4. The number of aryl methyl sites for hydroxylation is 2. The third-order valence-corrected chi connectivity index (χ3v) is 5.63. The van der Waals surface area contributed by atoms with Crippen LogP contribution in [0.4, 0.5) is 0 Å². The van der Waals surface area contributed by atoms with Crippen molar-refractivity contribution < 1.29 is 13.7 Å². The zero-order chi connectivity index (χ0) is 18.4. The summed E-state index contributed by atoms with van der Waals surface area (Å²) in [6, 6.07) is 6.13. The molecule has 1 saturated carbocycles. The van der Waals surface area contributed by atoms with E-state index in [4.69, 9.17) is 8.94 Å². The SMILES string of the molecule is Cc1ncoc1C(=O)N[C@@H]1CCc2cc(-c3noc(C4CCC4)n3)ccc21. The first-order valence-electron chi connectivity index (χ1n) is 9.37. The summed E-state index contributed by atoms with van der Waals surface area (Å²) in [7, 11) is 0. The predicted octanol–water partition coefficient (Wildman–Crippen LogP) is 3.72. The first-order chi connectivity index (χ1) is 13.2. The van der Waals surface area contributed by atoms with Crippen LogP contribution in [0.3, 0.4) is 0 Å². The third kappa shape index (κ3) is 2.83. The first kappa shape index (κ1) is 16.2. The van der Waals surface area contributed by atoms with E-state index in [0.717, 1.165) is 42.7 Å². The lowest BCUT2D eigenvalue weighted by Crippen LogP contribution is -2.27. The van der Waals surface area contributed by atoms with E-state index in [1.54, 1.807) is 6.92 Å². The summed E-state index contributed by atoms with van der Waals surface area (Å²) in [5.74, 6) is 1.87. The van der Waals surface area contributed by atoms with Gasteiger partial charge in [-0.2, -0.15) is 4.98 Å². The highest BCUT2D eigenvalue weighted by atomic mass is 16.5. The average molecular weight is 364 g/mol. The fraction of sp³-hybridized carbons (Fsp3) is 0.400. The van der Waals surface area contributed by atoms with Gasteiger partial charge in [0.25, 0.3) is 5.91 Å². The van der Waals surface area contributed by atoms with Crippen LogP contribution in [-0.4, -0.2) is 21.0 Å². The Hall–Kier alpha value is -2.96. The molecule has 2 aliphatic carbocycles. The summed E-state index contributed by atoms with van der Waals surface area (Å²) < 4.78 is 10.6. The number of carbonyl (C=O) groups excluding carboxylic acids is 1. The molecule has 5 rings (SSSR count). The van der Waals surface area contributed by atoms with Gasteiger partial charge in [0.1, 0.15) is 0 Å². The number of hydrogen-bond acceptors (Lipinski definition) is 6. The zero-order valence-electron chi connectivity index (χ0n) is 15.1. The first-order valence-corrected chi connectivity index (χ1v) is 9.37. The minimum atomic E-state index is -0.227. The molecule has 1 amide bonds. The van der Waals surface area contributed by atoms with Crippen LogP contribution >= 0.6 is 0 Å². The molecule has 27 heavy (non-hydrogen) atoms. The Balaban J connectivity index is 1.35. The largest absolute Gasteiger partial charge is 0.438 e. The van der Waals surface area contributed by atoms with E-state index in [-0.39, 0.29) is 17.7 Å². The Labute approximate surface area is 156 Å². The van der Waals surface area contributed by atoms with E-state index in [9.17, 15) is 4.79 Å². The molecular formula is C20H20N4O3. The number of rotatable bonds is 4. The number of hydrogen-bond donors (Lipinski definition) is 1. The summed E-state index contributed by atoms with van der Waals surface area (Å²) in [6.45, 7) is 1.76. The van der Waals surface area contributed by atoms with Crippen molar-refractivity contribution >= 4 is 5.91 Å². The quantitative estimate of drug-likeness (QED) is 0.758. The molecule has 1 atom stereocenters. The highest BCUT2D eigenvalue weighted by Crippen LogP contribution is 2.37. The van der Waals surface area contributed by atoms with Crippen molar-refractivity contribution in [2.75, 3.05) is 0 Å². The summed E-state index contributed by atoms with van der Waals surface area (Å²) in [5, 5.41) is 7.20. The molecule has 0 bridgehead atoms. The highest BCUT2D eigenvalue weighted by molar-refractivity contribution is 5.92. The molecule has 0 spiro atoms. The molecule has 0 radical (unpaired) electrons. The van der Waals surface area contributed by atoms with E-state index >= 15 is 0 Å². The second-order valence-corrected chi connectivity index (χ2v) is 7.33. The van der Waals surface area contributed by atoms with Gasteiger partial charge in [0.15, 0.2) is 6.39 Å². The molecule has 2 aromatic heterocycles. The average Bonchev–Trinajstić information content (AvgIpc) is 3.33. The van der Waals surface area contributed by atoms with Gasteiger partial charge in [0.2, 0.25) is 17.5 Å². The third-order valence-electron chi connectivity index (χ3n) is 5.63. The van der Waals surface area contributed by atoms with Gasteiger partial charge in [-0.3, -0.25) is 4.79 Å². The van der Waals surface area contributed by atoms with E-state index in [2.05, 4.69) is 32.6 Å². The lowest BCUT2D eigenvalue weighted by atomic mass is 9.85. The number of amides is 1. The smallest absolute Gasteiger partial charge is 0.289 e. The van der Waals surface area contributed by atoms with Crippen LogP contribution in [0, 0.1) is 6.92 Å². The fourth-order valence-corrected chi connectivity index (χ4v) is 3.82. The van der Waals surface area contributed by atoms with Gasteiger partial charge in [0, 0.05) is 11.5 Å². The Bertz CT molecular complexity index is 1000. The summed E-state index contributed by atoms with van der Waals surface area (Å²) in [6.07, 6.45) is 6.56. The van der Waals surface area contributed by atoms with Crippen molar-refractivity contribution in [1.29, 1.82) is 0 Å². The van der Waals surface area contributed by atoms with Crippen molar-refractivity contribution in [3.05, 3.63) is 53.1 Å². The second kappa shape index (κ2) is 6.33. The van der Waals surface area contributed by atoms with Crippen LogP contribution in [0.15, 0.2) is 33.5 Å². The van der Waals surface area contributed by atoms with Crippen LogP contribution in [0.25, 0.3) is 11.4 Å². The Morgan fingerprint density at radius 3 is 2.89 bits per heavy atom. The Morgan fingerprint density at radius 1 is 1.26 bits per heavy atom.